The van der Waals surface area contributed by atoms with Crippen molar-refractivity contribution in [3.8, 4) is 0 Å². The fourth-order valence-corrected chi connectivity index (χ4v) is 0.907. The molecule has 0 saturated carbocycles. The molecule has 0 saturated heterocycles. The fraction of sp³-hybridized carbons (Fsp3) is 0.667. The van der Waals surface area contributed by atoms with Crippen molar-refractivity contribution in [2.75, 3.05) is 6.61 Å². The zero-order valence-corrected chi connectivity index (χ0v) is 8.16. The molecule has 4 nitrogen and oxygen atoms in total. The van der Waals surface area contributed by atoms with E-state index in [1.165, 1.54) is 0 Å². The molecule has 0 bridgehead atoms. The Kier molecular flexibility index (Phi) is 2.93. The van der Waals surface area contributed by atoms with E-state index in [1.54, 1.807) is 6.08 Å². The summed E-state index contributed by atoms with van der Waals surface area (Å²) in [6.07, 6.45) is 2.84. The van der Waals surface area contributed by atoms with E-state index in [0.29, 0.717) is 6.61 Å². The average Bonchev–Trinajstić information content (AvgIpc) is 2.34. The summed E-state index contributed by atoms with van der Waals surface area (Å²) in [5, 5.41) is 2.57. The first-order chi connectivity index (χ1) is 5.97. The predicted molar refractivity (Wildman–Crippen MR) is 48.2 cm³/mol. The highest BCUT2D eigenvalue weighted by atomic mass is 16.6. The molecule has 1 rings (SSSR count). The molecule has 0 aliphatic carbocycles. The molecule has 1 N–H and O–H groups in total. The van der Waals surface area contributed by atoms with Gasteiger partial charge in [-0.2, -0.15) is 0 Å². The van der Waals surface area contributed by atoms with Gasteiger partial charge in [-0.15, -0.1) is 0 Å². The average molecular weight is 185 g/mol. The van der Waals surface area contributed by atoms with Gasteiger partial charge < -0.3 is 9.47 Å². The van der Waals surface area contributed by atoms with Crippen LogP contribution in [0.4, 0.5) is 4.79 Å². The van der Waals surface area contributed by atoms with Gasteiger partial charge in [-0.05, 0) is 26.8 Å². The molecule has 0 radical (unpaired) electrons. The van der Waals surface area contributed by atoms with Crippen molar-refractivity contribution in [1.29, 1.82) is 0 Å². The SMILES string of the molecule is CC(C)(C)OC(=O)NC1C=CCO1. The number of carbonyl (C=O) groups is 1. The van der Waals surface area contributed by atoms with Crippen LogP contribution in [0.25, 0.3) is 0 Å². The molecule has 4 heteroatoms. The molecule has 0 aromatic heterocycles. The summed E-state index contributed by atoms with van der Waals surface area (Å²) in [4.78, 5) is 11.2. The van der Waals surface area contributed by atoms with Crippen molar-refractivity contribution in [1.82, 2.24) is 5.32 Å². The summed E-state index contributed by atoms with van der Waals surface area (Å²) in [6, 6.07) is 0. The van der Waals surface area contributed by atoms with Crippen molar-refractivity contribution in [2.24, 2.45) is 0 Å². The molecule has 1 unspecified atom stereocenters. The molecule has 0 spiro atoms. The third-order valence-electron chi connectivity index (χ3n) is 1.34. The molecule has 0 aromatic rings. The van der Waals surface area contributed by atoms with E-state index in [0.717, 1.165) is 0 Å². The quantitative estimate of drug-likeness (QED) is 0.628. The van der Waals surface area contributed by atoms with Gasteiger partial charge in [-0.3, -0.25) is 5.32 Å². The maximum atomic E-state index is 11.2. The molecule has 1 heterocycles. The third kappa shape index (κ3) is 3.94. The van der Waals surface area contributed by atoms with Crippen LogP contribution in [0.2, 0.25) is 0 Å². The van der Waals surface area contributed by atoms with Gasteiger partial charge in [0.1, 0.15) is 5.60 Å². The second kappa shape index (κ2) is 3.79. The highest BCUT2D eigenvalue weighted by molar-refractivity contribution is 5.68. The number of nitrogens with one attached hydrogen (secondary N) is 1. The Labute approximate surface area is 77.9 Å². The zero-order chi connectivity index (χ0) is 9.90. The third-order valence-corrected chi connectivity index (χ3v) is 1.34. The maximum Gasteiger partial charge on any atom is 0.409 e. The van der Waals surface area contributed by atoms with Crippen molar-refractivity contribution >= 4 is 6.09 Å². The zero-order valence-electron chi connectivity index (χ0n) is 8.16. The van der Waals surface area contributed by atoms with Crippen LogP contribution in [-0.2, 0) is 9.47 Å². The van der Waals surface area contributed by atoms with Crippen molar-refractivity contribution in [3.63, 3.8) is 0 Å². The normalized spacial score (nSPS) is 21.6. The minimum atomic E-state index is -0.466. The van der Waals surface area contributed by atoms with Crippen molar-refractivity contribution < 1.29 is 14.3 Å². The van der Waals surface area contributed by atoms with Gasteiger partial charge in [0.05, 0.1) is 6.61 Å². The molecule has 1 amide bonds. The lowest BCUT2D eigenvalue weighted by atomic mass is 10.2. The van der Waals surface area contributed by atoms with E-state index < -0.39 is 11.7 Å². The summed E-state index contributed by atoms with van der Waals surface area (Å²) in [7, 11) is 0. The van der Waals surface area contributed by atoms with Crippen LogP contribution >= 0.6 is 0 Å². The lowest BCUT2D eigenvalue weighted by Crippen LogP contribution is -2.38. The van der Waals surface area contributed by atoms with Crippen molar-refractivity contribution in [2.45, 2.75) is 32.6 Å². The van der Waals surface area contributed by atoms with Crippen LogP contribution in [0.5, 0.6) is 0 Å². The van der Waals surface area contributed by atoms with Crippen LogP contribution in [0.1, 0.15) is 20.8 Å². The Hall–Kier alpha value is -1.03. The molecular formula is C9H15NO3. The topological polar surface area (TPSA) is 47.6 Å². The van der Waals surface area contributed by atoms with Gasteiger partial charge >= 0.3 is 6.09 Å². The fourth-order valence-electron chi connectivity index (χ4n) is 0.907. The minimum Gasteiger partial charge on any atom is -0.444 e. The van der Waals surface area contributed by atoms with Crippen LogP contribution in [-0.4, -0.2) is 24.5 Å². The van der Waals surface area contributed by atoms with E-state index >= 15 is 0 Å². The Morgan fingerprint density at radius 3 is 2.77 bits per heavy atom. The predicted octanol–water partition coefficient (Wildman–Crippen LogP) is 1.42. The van der Waals surface area contributed by atoms with Crippen LogP contribution in [0.15, 0.2) is 12.2 Å². The van der Waals surface area contributed by atoms with E-state index in [1.807, 2.05) is 26.8 Å². The van der Waals surface area contributed by atoms with Gasteiger partial charge in [0.2, 0.25) is 0 Å². The number of ether oxygens (including phenoxy) is 2. The standard InChI is InChI=1S/C9H15NO3/c1-9(2,3)13-8(11)10-7-5-4-6-12-7/h4-5,7H,6H2,1-3H3,(H,10,11). The molecule has 74 valence electrons. The summed E-state index contributed by atoms with van der Waals surface area (Å²) in [6.45, 7) is 5.99. The van der Waals surface area contributed by atoms with Gasteiger partial charge in [0, 0.05) is 0 Å². The number of hydrogen-bond acceptors (Lipinski definition) is 3. The van der Waals surface area contributed by atoms with Crippen LogP contribution < -0.4 is 5.32 Å². The summed E-state index contributed by atoms with van der Waals surface area (Å²) < 4.78 is 10.2. The number of hydrogen-bond donors (Lipinski definition) is 1. The number of amides is 1. The minimum absolute atomic E-state index is 0.338. The van der Waals surface area contributed by atoms with E-state index in [4.69, 9.17) is 9.47 Å². The molecular weight excluding hydrogens is 170 g/mol. The second-order valence-electron chi connectivity index (χ2n) is 3.83. The molecule has 0 aromatic carbocycles. The highest BCUT2D eigenvalue weighted by Crippen LogP contribution is 2.07. The smallest absolute Gasteiger partial charge is 0.409 e. The molecule has 13 heavy (non-hydrogen) atoms. The number of rotatable bonds is 1. The summed E-state index contributed by atoms with van der Waals surface area (Å²) in [5.74, 6) is 0. The summed E-state index contributed by atoms with van der Waals surface area (Å²) in [5.41, 5.74) is -0.466. The lowest BCUT2D eigenvalue weighted by Gasteiger charge is -2.21. The van der Waals surface area contributed by atoms with Gasteiger partial charge in [-0.25, -0.2) is 4.79 Å². The Morgan fingerprint density at radius 2 is 2.31 bits per heavy atom. The van der Waals surface area contributed by atoms with E-state index in [9.17, 15) is 4.79 Å². The molecule has 1 aliphatic heterocycles. The first-order valence-corrected chi connectivity index (χ1v) is 4.25. The van der Waals surface area contributed by atoms with E-state index in [2.05, 4.69) is 5.32 Å². The first kappa shape index (κ1) is 10.1. The summed E-state index contributed by atoms with van der Waals surface area (Å²) >= 11 is 0. The van der Waals surface area contributed by atoms with Gasteiger partial charge in [0.15, 0.2) is 6.23 Å². The number of carbonyl (C=O) groups excluding carboxylic acids is 1. The van der Waals surface area contributed by atoms with E-state index in [-0.39, 0.29) is 6.23 Å². The first-order valence-electron chi connectivity index (χ1n) is 4.25. The van der Waals surface area contributed by atoms with Gasteiger partial charge in [0.25, 0.3) is 0 Å². The molecule has 0 fully saturated rings. The molecule has 1 aliphatic rings. The number of alkyl carbamates (subject to hydrolysis) is 1. The van der Waals surface area contributed by atoms with Crippen LogP contribution in [0.3, 0.4) is 0 Å². The maximum absolute atomic E-state index is 11.2. The second-order valence-corrected chi connectivity index (χ2v) is 3.83. The monoisotopic (exact) mass is 185 g/mol. The lowest BCUT2D eigenvalue weighted by molar-refractivity contribution is 0.0332. The Bertz CT molecular complexity index is 217. The van der Waals surface area contributed by atoms with Crippen molar-refractivity contribution in [3.05, 3.63) is 12.2 Å². The highest BCUT2D eigenvalue weighted by Gasteiger charge is 2.19. The Morgan fingerprint density at radius 1 is 1.62 bits per heavy atom. The Balaban J connectivity index is 2.29. The largest absolute Gasteiger partial charge is 0.444 e. The van der Waals surface area contributed by atoms with Gasteiger partial charge in [-0.1, -0.05) is 6.08 Å². The van der Waals surface area contributed by atoms with Crippen LogP contribution in [0, 0.1) is 0 Å². The molecule has 1 atom stereocenters.